The molecule has 2 N–H and O–H groups in total. The largest absolute Gasteiger partial charge is 0.494 e. The van der Waals surface area contributed by atoms with Crippen molar-refractivity contribution in [2.75, 3.05) is 19.8 Å². The average molecular weight is 301 g/mol. The second-order valence-corrected chi connectivity index (χ2v) is 6.60. The fourth-order valence-electron chi connectivity index (χ4n) is 1.76. The number of sulfonamides is 1. The summed E-state index contributed by atoms with van der Waals surface area (Å²) in [7, 11) is -3.52. The highest BCUT2D eigenvalue weighted by molar-refractivity contribution is 7.89. The first-order valence-electron chi connectivity index (χ1n) is 6.74. The Balaban J connectivity index is 2.80. The molecule has 0 saturated carbocycles. The Bertz CT molecular complexity index is 528. The Morgan fingerprint density at radius 2 is 2.10 bits per heavy atom. The van der Waals surface area contributed by atoms with Gasteiger partial charge in [-0.25, -0.2) is 13.1 Å². The molecule has 0 aromatic heterocycles. The maximum Gasteiger partial charge on any atom is 0.240 e. The highest BCUT2D eigenvalue weighted by Gasteiger charge is 2.16. The van der Waals surface area contributed by atoms with Gasteiger partial charge in [-0.05, 0) is 49.9 Å². The minimum Gasteiger partial charge on any atom is -0.494 e. The van der Waals surface area contributed by atoms with Gasteiger partial charge in [0.05, 0.1) is 11.5 Å². The van der Waals surface area contributed by atoms with Crippen LogP contribution in [0.1, 0.15) is 25.8 Å². The summed E-state index contributed by atoms with van der Waals surface area (Å²) in [5.74, 6) is 0.790. The molecule has 0 radical (unpaired) electrons. The van der Waals surface area contributed by atoms with E-state index in [2.05, 4.69) is 4.72 Å². The van der Waals surface area contributed by atoms with Gasteiger partial charge in [-0.1, -0.05) is 6.92 Å². The van der Waals surface area contributed by atoms with E-state index in [-0.39, 0.29) is 17.4 Å². The van der Waals surface area contributed by atoms with Gasteiger partial charge < -0.3 is 9.84 Å². The Morgan fingerprint density at radius 1 is 1.40 bits per heavy atom. The lowest BCUT2D eigenvalue weighted by Crippen LogP contribution is -2.28. The summed E-state index contributed by atoms with van der Waals surface area (Å²) in [5, 5.41) is 8.81. The molecule has 0 aliphatic heterocycles. The molecule has 1 aromatic carbocycles. The molecule has 20 heavy (non-hydrogen) atoms. The van der Waals surface area contributed by atoms with Gasteiger partial charge in [0.1, 0.15) is 5.75 Å². The van der Waals surface area contributed by atoms with E-state index in [0.29, 0.717) is 25.3 Å². The molecule has 0 saturated heterocycles. The number of hydrogen-bond donors (Lipinski definition) is 2. The van der Waals surface area contributed by atoms with Crippen molar-refractivity contribution in [1.29, 1.82) is 0 Å². The van der Waals surface area contributed by atoms with Crippen LogP contribution in [0.5, 0.6) is 5.75 Å². The fourth-order valence-corrected chi connectivity index (χ4v) is 3.01. The summed E-state index contributed by atoms with van der Waals surface area (Å²) < 4.78 is 32.2. The highest BCUT2D eigenvalue weighted by Crippen LogP contribution is 2.21. The van der Waals surface area contributed by atoms with Crippen LogP contribution in [0.15, 0.2) is 23.1 Å². The van der Waals surface area contributed by atoms with Crippen LogP contribution in [-0.2, 0) is 10.0 Å². The van der Waals surface area contributed by atoms with E-state index in [1.807, 2.05) is 20.8 Å². The molecule has 0 spiro atoms. The van der Waals surface area contributed by atoms with E-state index in [0.717, 1.165) is 5.56 Å². The molecule has 1 atom stereocenters. The summed E-state index contributed by atoms with van der Waals surface area (Å²) in [6.45, 7) is 6.51. The van der Waals surface area contributed by atoms with Gasteiger partial charge >= 0.3 is 0 Å². The summed E-state index contributed by atoms with van der Waals surface area (Å²) >= 11 is 0. The minimum atomic E-state index is -3.52. The highest BCUT2D eigenvalue weighted by atomic mass is 32.2. The molecule has 0 heterocycles. The lowest BCUT2D eigenvalue weighted by atomic mass is 10.1. The standard InChI is InChI=1S/C14H23NO4S/c1-4-19-14-6-5-13(9-12(14)3)20(17,18)15-10-11(2)7-8-16/h5-6,9,11,15-16H,4,7-8,10H2,1-3H3. The van der Waals surface area contributed by atoms with Gasteiger partial charge in [0.2, 0.25) is 10.0 Å². The number of hydrogen-bond acceptors (Lipinski definition) is 4. The van der Waals surface area contributed by atoms with E-state index in [9.17, 15) is 8.42 Å². The van der Waals surface area contributed by atoms with Crippen molar-refractivity contribution in [3.63, 3.8) is 0 Å². The normalized spacial score (nSPS) is 13.2. The molecule has 1 aromatic rings. The number of nitrogens with one attached hydrogen (secondary N) is 1. The summed E-state index contributed by atoms with van der Waals surface area (Å²) in [6.07, 6.45) is 0.574. The SMILES string of the molecule is CCOc1ccc(S(=O)(=O)NCC(C)CCO)cc1C. The second-order valence-electron chi connectivity index (χ2n) is 4.83. The molecule has 6 heteroatoms. The van der Waals surface area contributed by atoms with Gasteiger partial charge in [0.15, 0.2) is 0 Å². The monoisotopic (exact) mass is 301 g/mol. The van der Waals surface area contributed by atoms with E-state index >= 15 is 0 Å². The van der Waals surface area contributed by atoms with Gasteiger partial charge in [-0.15, -0.1) is 0 Å². The smallest absolute Gasteiger partial charge is 0.240 e. The van der Waals surface area contributed by atoms with E-state index in [1.54, 1.807) is 12.1 Å². The fraction of sp³-hybridized carbons (Fsp3) is 0.571. The third kappa shape index (κ3) is 4.77. The maximum atomic E-state index is 12.1. The third-order valence-electron chi connectivity index (χ3n) is 3.00. The number of aliphatic hydroxyl groups excluding tert-OH is 1. The number of rotatable bonds is 8. The zero-order valence-electron chi connectivity index (χ0n) is 12.2. The number of ether oxygens (including phenoxy) is 1. The van der Waals surface area contributed by atoms with Crippen LogP contribution in [-0.4, -0.2) is 33.3 Å². The first kappa shape index (κ1) is 16.9. The van der Waals surface area contributed by atoms with Gasteiger partial charge in [-0.2, -0.15) is 0 Å². The number of aliphatic hydroxyl groups is 1. The Kier molecular flexibility index (Phi) is 6.45. The van der Waals surface area contributed by atoms with Crippen molar-refractivity contribution < 1.29 is 18.3 Å². The lowest BCUT2D eigenvalue weighted by molar-refractivity contribution is 0.263. The molecular weight excluding hydrogens is 278 g/mol. The minimum absolute atomic E-state index is 0.0606. The van der Waals surface area contributed by atoms with Crippen LogP contribution in [0, 0.1) is 12.8 Å². The van der Waals surface area contributed by atoms with E-state index in [4.69, 9.17) is 9.84 Å². The Hall–Kier alpha value is -1.11. The Morgan fingerprint density at radius 3 is 2.65 bits per heavy atom. The van der Waals surface area contributed by atoms with Crippen molar-refractivity contribution in [2.24, 2.45) is 5.92 Å². The topological polar surface area (TPSA) is 75.6 Å². The van der Waals surface area contributed by atoms with Gasteiger partial charge in [0, 0.05) is 13.2 Å². The summed E-state index contributed by atoms with van der Waals surface area (Å²) in [5.41, 5.74) is 0.790. The van der Waals surface area contributed by atoms with Crippen LogP contribution in [0.25, 0.3) is 0 Å². The molecule has 0 fully saturated rings. The molecule has 0 aliphatic rings. The quantitative estimate of drug-likeness (QED) is 0.766. The number of benzene rings is 1. The van der Waals surface area contributed by atoms with Crippen LogP contribution in [0.2, 0.25) is 0 Å². The van der Waals surface area contributed by atoms with Crippen LogP contribution < -0.4 is 9.46 Å². The van der Waals surface area contributed by atoms with E-state index < -0.39 is 10.0 Å². The molecule has 5 nitrogen and oxygen atoms in total. The van der Waals surface area contributed by atoms with Gasteiger partial charge in [0.25, 0.3) is 0 Å². The summed E-state index contributed by atoms with van der Waals surface area (Å²) in [4.78, 5) is 0.231. The first-order valence-corrected chi connectivity index (χ1v) is 8.23. The molecule has 0 amide bonds. The number of aryl methyl sites for hydroxylation is 1. The predicted molar refractivity (Wildman–Crippen MR) is 78.4 cm³/mol. The maximum absolute atomic E-state index is 12.1. The molecule has 0 bridgehead atoms. The molecule has 1 rings (SSSR count). The predicted octanol–water partition coefficient (Wildman–Crippen LogP) is 1.69. The zero-order valence-corrected chi connectivity index (χ0v) is 13.0. The Labute approximate surface area is 121 Å². The molecular formula is C14H23NO4S. The van der Waals surface area contributed by atoms with Crippen molar-refractivity contribution >= 4 is 10.0 Å². The van der Waals surface area contributed by atoms with Crippen LogP contribution in [0.3, 0.4) is 0 Å². The average Bonchev–Trinajstić information content (AvgIpc) is 2.39. The molecule has 114 valence electrons. The van der Waals surface area contributed by atoms with Crippen LogP contribution in [0.4, 0.5) is 0 Å². The second kappa shape index (κ2) is 7.61. The van der Waals surface area contributed by atoms with Crippen LogP contribution >= 0.6 is 0 Å². The summed E-state index contributed by atoms with van der Waals surface area (Å²) in [6, 6.07) is 4.81. The van der Waals surface area contributed by atoms with Crippen molar-refractivity contribution in [3.05, 3.63) is 23.8 Å². The van der Waals surface area contributed by atoms with E-state index in [1.165, 1.54) is 6.07 Å². The molecule has 1 unspecified atom stereocenters. The van der Waals surface area contributed by atoms with Crippen molar-refractivity contribution in [1.82, 2.24) is 4.72 Å². The van der Waals surface area contributed by atoms with Crippen molar-refractivity contribution in [2.45, 2.75) is 32.1 Å². The third-order valence-corrected chi connectivity index (χ3v) is 4.42. The lowest BCUT2D eigenvalue weighted by Gasteiger charge is -2.13. The zero-order chi connectivity index (χ0) is 15.2. The van der Waals surface area contributed by atoms with Gasteiger partial charge in [-0.3, -0.25) is 0 Å². The molecule has 0 aliphatic carbocycles. The first-order chi connectivity index (χ1) is 9.40. The van der Waals surface area contributed by atoms with Crippen molar-refractivity contribution in [3.8, 4) is 5.75 Å².